The topological polar surface area (TPSA) is 21.3 Å². The summed E-state index contributed by atoms with van der Waals surface area (Å²) in [4.78, 5) is 0. The molecule has 0 aromatic carbocycles. The molecular formula is C14H27NO. The van der Waals surface area contributed by atoms with Crippen molar-refractivity contribution in [3.8, 4) is 0 Å². The maximum atomic E-state index is 5.57. The number of rotatable bonds is 5. The highest BCUT2D eigenvalue weighted by molar-refractivity contribution is 4.86. The van der Waals surface area contributed by atoms with Crippen LogP contribution in [0.4, 0.5) is 0 Å². The fraction of sp³-hybridized carbons (Fsp3) is 1.00. The molecule has 0 spiro atoms. The van der Waals surface area contributed by atoms with Crippen molar-refractivity contribution in [3.63, 3.8) is 0 Å². The Kier molecular flexibility index (Phi) is 5.11. The first-order valence-corrected chi connectivity index (χ1v) is 7.23. The number of nitrogens with one attached hydrogen (secondary N) is 1. The van der Waals surface area contributed by atoms with Crippen LogP contribution < -0.4 is 5.32 Å². The van der Waals surface area contributed by atoms with Crippen LogP contribution in [0.2, 0.25) is 0 Å². The van der Waals surface area contributed by atoms with Gasteiger partial charge in [0.15, 0.2) is 0 Å². The highest BCUT2D eigenvalue weighted by Gasteiger charge is 2.32. The third-order valence-corrected chi connectivity index (χ3v) is 4.26. The Morgan fingerprint density at radius 1 is 1.12 bits per heavy atom. The van der Waals surface area contributed by atoms with Crippen LogP contribution in [0.15, 0.2) is 0 Å². The molecule has 2 rings (SSSR count). The summed E-state index contributed by atoms with van der Waals surface area (Å²) in [5.41, 5.74) is 0. The molecule has 2 heteroatoms. The fourth-order valence-electron chi connectivity index (χ4n) is 3.36. The van der Waals surface area contributed by atoms with Crippen molar-refractivity contribution in [3.05, 3.63) is 0 Å². The lowest BCUT2D eigenvalue weighted by Crippen LogP contribution is -2.43. The van der Waals surface area contributed by atoms with Crippen LogP contribution in [-0.2, 0) is 4.74 Å². The average molecular weight is 225 g/mol. The second-order valence-corrected chi connectivity index (χ2v) is 5.50. The van der Waals surface area contributed by atoms with E-state index in [0.717, 1.165) is 31.1 Å². The van der Waals surface area contributed by atoms with Crippen molar-refractivity contribution < 1.29 is 4.74 Å². The Labute approximate surface area is 100 Å². The van der Waals surface area contributed by atoms with E-state index in [2.05, 4.69) is 12.2 Å². The zero-order valence-corrected chi connectivity index (χ0v) is 10.7. The third-order valence-electron chi connectivity index (χ3n) is 4.26. The van der Waals surface area contributed by atoms with Gasteiger partial charge in [0.1, 0.15) is 0 Å². The van der Waals surface area contributed by atoms with Crippen LogP contribution in [0.3, 0.4) is 0 Å². The minimum Gasteiger partial charge on any atom is -0.381 e. The fourth-order valence-corrected chi connectivity index (χ4v) is 3.36. The van der Waals surface area contributed by atoms with Gasteiger partial charge < -0.3 is 10.1 Å². The first kappa shape index (κ1) is 12.4. The maximum absolute atomic E-state index is 5.57. The molecule has 1 saturated heterocycles. The van der Waals surface area contributed by atoms with Crippen molar-refractivity contribution in [2.75, 3.05) is 19.8 Å². The van der Waals surface area contributed by atoms with Gasteiger partial charge in [-0.2, -0.15) is 0 Å². The summed E-state index contributed by atoms with van der Waals surface area (Å²) in [6.07, 6.45) is 9.76. The summed E-state index contributed by atoms with van der Waals surface area (Å²) in [7, 11) is 0. The normalized spacial score (nSPS) is 29.4. The number of ether oxygens (including phenoxy) is 1. The van der Waals surface area contributed by atoms with Crippen LogP contribution in [0.1, 0.15) is 51.9 Å². The number of hydrogen-bond donors (Lipinski definition) is 1. The van der Waals surface area contributed by atoms with E-state index in [9.17, 15) is 0 Å². The van der Waals surface area contributed by atoms with Crippen molar-refractivity contribution in [1.82, 2.24) is 5.32 Å². The van der Waals surface area contributed by atoms with Crippen molar-refractivity contribution in [1.29, 1.82) is 0 Å². The molecular weight excluding hydrogens is 198 g/mol. The van der Waals surface area contributed by atoms with Gasteiger partial charge in [-0.1, -0.05) is 26.2 Å². The molecule has 0 amide bonds. The van der Waals surface area contributed by atoms with Crippen LogP contribution in [0.5, 0.6) is 0 Å². The van der Waals surface area contributed by atoms with E-state index in [1.54, 1.807) is 0 Å². The molecule has 1 N–H and O–H groups in total. The van der Waals surface area contributed by atoms with E-state index in [0.29, 0.717) is 0 Å². The molecule has 16 heavy (non-hydrogen) atoms. The second kappa shape index (κ2) is 6.61. The molecule has 2 aliphatic rings. The summed E-state index contributed by atoms with van der Waals surface area (Å²) in [6, 6.07) is 0.739. The molecule has 2 fully saturated rings. The summed E-state index contributed by atoms with van der Waals surface area (Å²) in [5.74, 6) is 1.71. The Balaban J connectivity index is 1.89. The molecule has 0 aromatic heterocycles. The van der Waals surface area contributed by atoms with E-state index in [1.807, 2.05) is 0 Å². The van der Waals surface area contributed by atoms with Gasteiger partial charge in [-0.15, -0.1) is 0 Å². The summed E-state index contributed by atoms with van der Waals surface area (Å²) in [5, 5.41) is 3.80. The van der Waals surface area contributed by atoms with Crippen LogP contribution in [-0.4, -0.2) is 25.8 Å². The van der Waals surface area contributed by atoms with Crippen molar-refractivity contribution in [2.45, 2.75) is 57.9 Å². The Morgan fingerprint density at radius 3 is 2.56 bits per heavy atom. The zero-order valence-electron chi connectivity index (χ0n) is 10.7. The van der Waals surface area contributed by atoms with Gasteiger partial charge in [0.2, 0.25) is 0 Å². The van der Waals surface area contributed by atoms with E-state index >= 15 is 0 Å². The molecule has 0 aromatic rings. The van der Waals surface area contributed by atoms with Gasteiger partial charge in [-0.05, 0) is 38.1 Å². The molecule has 1 heterocycles. The predicted octanol–water partition coefficient (Wildman–Crippen LogP) is 2.97. The van der Waals surface area contributed by atoms with Gasteiger partial charge in [-0.25, -0.2) is 0 Å². The largest absolute Gasteiger partial charge is 0.381 e. The van der Waals surface area contributed by atoms with Gasteiger partial charge in [0.25, 0.3) is 0 Å². The SMILES string of the molecule is CCCNC(C1CCCCC1)C1CCOC1. The monoisotopic (exact) mass is 225 g/mol. The Morgan fingerprint density at radius 2 is 1.94 bits per heavy atom. The molecule has 94 valence electrons. The molecule has 0 bridgehead atoms. The highest BCUT2D eigenvalue weighted by atomic mass is 16.5. The third kappa shape index (κ3) is 3.21. The summed E-state index contributed by atoms with van der Waals surface area (Å²) < 4.78 is 5.57. The van der Waals surface area contributed by atoms with Crippen LogP contribution >= 0.6 is 0 Å². The second-order valence-electron chi connectivity index (χ2n) is 5.50. The van der Waals surface area contributed by atoms with E-state index < -0.39 is 0 Å². The van der Waals surface area contributed by atoms with E-state index in [4.69, 9.17) is 4.74 Å². The lowest BCUT2D eigenvalue weighted by Gasteiger charge is -2.34. The lowest BCUT2D eigenvalue weighted by molar-refractivity contribution is 0.153. The van der Waals surface area contributed by atoms with Gasteiger partial charge in [-0.3, -0.25) is 0 Å². The van der Waals surface area contributed by atoms with E-state index in [1.165, 1.54) is 51.5 Å². The summed E-state index contributed by atoms with van der Waals surface area (Å²) in [6.45, 7) is 5.42. The van der Waals surface area contributed by atoms with Gasteiger partial charge in [0.05, 0.1) is 6.61 Å². The smallest absolute Gasteiger partial charge is 0.0510 e. The first-order valence-electron chi connectivity index (χ1n) is 7.23. The zero-order chi connectivity index (χ0) is 11.2. The minimum absolute atomic E-state index is 0.739. The standard InChI is InChI=1S/C14H27NO/c1-2-9-15-14(13-8-10-16-11-13)12-6-4-3-5-7-12/h12-15H,2-11H2,1H3. The summed E-state index contributed by atoms with van der Waals surface area (Å²) >= 11 is 0. The Bertz CT molecular complexity index is 183. The molecule has 2 nitrogen and oxygen atoms in total. The molecule has 1 saturated carbocycles. The molecule has 2 atom stereocenters. The molecule has 1 aliphatic heterocycles. The maximum Gasteiger partial charge on any atom is 0.0510 e. The van der Waals surface area contributed by atoms with Gasteiger partial charge in [0, 0.05) is 18.6 Å². The van der Waals surface area contributed by atoms with E-state index in [-0.39, 0.29) is 0 Å². The van der Waals surface area contributed by atoms with Crippen molar-refractivity contribution >= 4 is 0 Å². The highest BCUT2D eigenvalue weighted by Crippen LogP contribution is 2.32. The lowest BCUT2D eigenvalue weighted by atomic mass is 9.78. The minimum atomic E-state index is 0.739. The molecule has 1 aliphatic carbocycles. The molecule has 0 radical (unpaired) electrons. The quantitative estimate of drug-likeness (QED) is 0.776. The first-order chi connectivity index (χ1) is 7.92. The molecule has 2 unspecified atom stereocenters. The number of hydrogen-bond acceptors (Lipinski definition) is 2. The Hall–Kier alpha value is -0.0800. The van der Waals surface area contributed by atoms with Gasteiger partial charge >= 0.3 is 0 Å². The van der Waals surface area contributed by atoms with Crippen LogP contribution in [0, 0.1) is 11.8 Å². The predicted molar refractivity (Wildman–Crippen MR) is 67.6 cm³/mol. The van der Waals surface area contributed by atoms with Crippen LogP contribution in [0.25, 0.3) is 0 Å². The van der Waals surface area contributed by atoms with Crippen molar-refractivity contribution in [2.24, 2.45) is 11.8 Å². The average Bonchev–Trinajstić information content (AvgIpc) is 2.85.